The van der Waals surface area contributed by atoms with E-state index >= 15 is 0 Å². The quantitative estimate of drug-likeness (QED) is 0.919. The maximum atomic E-state index is 10.8. The molecule has 1 atom stereocenters. The van der Waals surface area contributed by atoms with Gasteiger partial charge in [0, 0.05) is 37.1 Å². The van der Waals surface area contributed by atoms with Gasteiger partial charge in [-0.05, 0) is 37.3 Å². The van der Waals surface area contributed by atoms with Crippen molar-refractivity contribution >= 4 is 17.3 Å². The highest BCUT2D eigenvalue weighted by Crippen LogP contribution is 2.28. The van der Waals surface area contributed by atoms with Gasteiger partial charge in [-0.3, -0.25) is 14.6 Å². The summed E-state index contributed by atoms with van der Waals surface area (Å²) < 4.78 is 0. The Morgan fingerprint density at radius 1 is 1.42 bits per heavy atom. The molecule has 1 saturated heterocycles. The number of aryl methyl sites for hydroxylation is 1. The zero-order valence-electron chi connectivity index (χ0n) is 11.6. The fraction of sp³-hybridized carbons (Fsp3) is 0.643. The topological polar surface area (TPSA) is 43.8 Å². The number of rotatable bonds is 4. The first kappa shape index (κ1) is 14.5. The number of carbonyl (C=O) groups is 1. The van der Waals surface area contributed by atoms with Crippen molar-refractivity contribution < 1.29 is 9.90 Å². The van der Waals surface area contributed by atoms with E-state index in [1.165, 1.54) is 10.4 Å². The van der Waals surface area contributed by atoms with Crippen molar-refractivity contribution in [1.82, 2.24) is 9.80 Å². The first-order chi connectivity index (χ1) is 9.08. The molecule has 1 aliphatic rings. The normalized spacial score (nSPS) is 20.1. The summed E-state index contributed by atoms with van der Waals surface area (Å²) in [6, 6.07) is 2.61. The average Bonchev–Trinajstić information content (AvgIpc) is 2.64. The van der Waals surface area contributed by atoms with Crippen LogP contribution in [0.2, 0.25) is 0 Å². The molecule has 1 fully saturated rings. The van der Waals surface area contributed by atoms with Crippen LogP contribution in [0.15, 0.2) is 11.4 Å². The van der Waals surface area contributed by atoms with E-state index in [1.807, 2.05) is 16.2 Å². The molecular weight excluding hydrogens is 260 g/mol. The Balaban J connectivity index is 1.95. The number of hydrogen-bond acceptors (Lipinski definition) is 4. The van der Waals surface area contributed by atoms with Gasteiger partial charge in [0.15, 0.2) is 0 Å². The summed E-state index contributed by atoms with van der Waals surface area (Å²) in [4.78, 5) is 16.7. The monoisotopic (exact) mass is 282 g/mol. The van der Waals surface area contributed by atoms with Gasteiger partial charge < -0.3 is 5.11 Å². The molecular formula is C14H22N2O2S. The van der Waals surface area contributed by atoms with Gasteiger partial charge in [-0.1, -0.05) is 0 Å². The summed E-state index contributed by atoms with van der Waals surface area (Å²) >= 11 is 1.82. The first-order valence-corrected chi connectivity index (χ1v) is 7.68. The third-order valence-electron chi connectivity index (χ3n) is 3.81. The first-order valence-electron chi connectivity index (χ1n) is 6.80. The van der Waals surface area contributed by atoms with Crippen LogP contribution in [0, 0.1) is 6.92 Å². The lowest BCUT2D eigenvalue weighted by atomic mass is 10.1. The van der Waals surface area contributed by atoms with E-state index in [2.05, 4.69) is 30.2 Å². The van der Waals surface area contributed by atoms with E-state index < -0.39 is 5.97 Å². The molecule has 1 aromatic rings. The number of nitrogens with zero attached hydrogens (tertiary/aromatic N) is 2. The lowest BCUT2D eigenvalue weighted by Gasteiger charge is -2.27. The predicted octanol–water partition coefficient (Wildman–Crippen LogP) is 2.21. The van der Waals surface area contributed by atoms with Gasteiger partial charge in [0.25, 0.3) is 0 Å². The fourth-order valence-electron chi connectivity index (χ4n) is 2.71. The largest absolute Gasteiger partial charge is 0.480 e. The van der Waals surface area contributed by atoms with E-state index in [9.17, 15) is 4.79 Å². The van der Waals surface area contributed by atoms with Crippen molar-refractivity contribution in [1.29, 1.82) is 0 Å². The van der Waals surface area contributed by atoms with Crippen molar-refractivity contribution in [2.24, 2.45) is 0 Å². The minimum absolute atomic E-state index is 0.167. The minimum atomic E-state index is -0.726. The van der Waals surface area contributed by atoms with Gasteiger partial charge in [0.05, 0.1) is 6.54 Å². The standard InChI is InChI=1S/C14H22N2O2S/c1-11-4-9-19-14(11)12(2)16-6-3-5-15(7-8-16)10-13(17)18/h4,9,12H,3,5-8,10H2,1-2H3,(H,17,18). The zero-order valence-corrected chi connectivity index (χ0v) is 12.4. The van der Waals surface area contributed by atoms with Crippen LogP contribution in [0.1, 0.15) is 29.8 Å². The fourth-order valence-corrected chi connectivity index (χ4v) is 3.72. The summed E-state index contributed by atoms with van der Waals surface area (Å²) in [7, 11) is 0. The molecule has 0 bridgehead atoms. The molecule has 1 aromatic heterocycles. The van der Waals surface area contributed by atoms with Gasteiger partial charge in [0.1, 0.15) is 0 Å². The van der Waals surface area contributed by atoms with Crippen LogP contribution in [0.4, 0.5) is 0 Å². The number of carboxylic acids is 1. The van der Waals surface area contributed by atoms with Crippen LogP contribution in [0.3, 0.4) is 0 Å². The Morgan fingerprint density at radius 3 is 2.84 bits per heavy atom. The molecule has 5 heteroatoms. The van der Waals surface area contributed by atoms with E-state index in [0.717, 1.165) is 32.6 Å². The molecule has 4 nitrogen and oxygen atoms in total. The minimum Gasteiger partial charge on any atom is -0.480 e. The molecule has 19 heavy (non-hydrogen) atoms. The van der Waals surface area contributed by atoms with Crippen molar-refractivity contribution in [3.63, 3.8) is 0 Å². The maximum Gasteiger partial charge on any atom is 0.317 e. The lowest BCUT2D eigenvalue weighted by molar-refractivity contribution is -0.138. The van der Waals surface area contributed by atoms with Crippen molar-refractivity contribution in [3.8, 4) is 0 Å². The van der Waals surface area contributed by atoms with E-state index in [0.29, 0.717) is 6.04 Å². The predicted molar refractivity (Wildman–Crippen MR) is 77.7 cm³/mol. The van der Waals surface area contributed by atoms with Gasteiger partial charge in [0.2, 0.25) is 0 Å². The molecule has 2 heterocycles. The smallest absolute Gasteiger partial charge is 0.317 e. The SMILES string of the molecule is Cc1ccsc1C(C)N1CCCN(CC(=O)O)CC1. The Kier molecular flexibility index (Phi) is 4.96. The second-order valence-corrected chi connectivity index (χ2v) is 6.15. The van der Waals surface area contributed by atoms with Crippen LogP contribution < -0.4 is 0 Å². The number of aliphatic carboxylic acids is 1. The van der Waals surface area contributed by atoms with Crippen LogP contribution >= 0.6 is 11.3 Å². The molecule has 0 amide bonds. The second kappa shape index (κ2) is 6.50. The van der Waals surface area contributed by atoms with Gasteiger partial charge in [-0.2, -0.15) is 0 Å². The molecule has 2 rings (SSSR count). The Bertz CT molecular complexity index is 433. The van der Waals surface area contributed by atoms with Crippen LogP contribution in [0.25, 0.3) is 0 Å². The highest BCUT2D eigenvalue weighted by molar-refractivity contribution is 7.10. The molecule has 0 spiro atoms. The summed E-state index contributed by atoms with van der Waals surface area (Å²) in [5, 5.41) is 11.0. The summed E-state index contributed by atoms with van der Waals surface area (Å²) in [6.07, 6.45) is 1.04. The Hall–Kier alpha value is -0.910. The average molecular weight is 282 g/mol. The molecule has 0 aliphatic carbocycles. The number of thiophene rings is 1. The molecule has 106 valence electrons. The van der Waals surface area contributed by atoms with Crippen LogP contribution in [-0.2, 0) is 4.79 Å². The maximum absolute atomic E-state index is 10.8. The van der Waals surface area contributed by atoms with Crippen molar-refractivity contribution in [2.75, 3.05) is 32.7 Å². The molecule has 1 aliphatic heterocycles. The van der Waals surface area contributed by atoms with Gasteiger partial charge in [-0.15, -0.1) is 11.3 Å². The molecule has 1 unspecified atom stereocenters. The zero-order chi connectivity index (χ0) is 13.8. The lowest BCUT2D eigenvalue weighted by Crippen LogP contribution is -2.34. The van der Waals surface area contributed by atoms with E-state index in [-0.39, 0.29) is 6.54 Å². The van der Waals surface area contributed by atoms with Crippen LogP contribution in [-0.4, -0.2) is 53.6 Å². The Labute approximate surface area is 118 Å². The summed E-state index contributed by atoms with van der Waals surface area (Å²) in [6.45, 7) is 8.32. The van der Waals surface area contributed by atoms with Crippen molar-refractivity contribution in [2.45, 2.75) is 26.3 Å². The van der Waals surface area contributed by atoms with Crippen LogP contribution in [0.5, 0.6) is 0 Å². The summed E-state index contributed by atoms with van der Waals surface area (Å²) in [5.74, 6) is -0.726. The second-order valence-electron chi connectivity index (χ2n) is 5.20. The number of hydrogen-bond donors (Lipinski definition) is 1. The highest BCUT2D eigenvalue weighted by Gasteiger charge is 2.22. The molecule has 0 aromatic carbocycles. The summed E-state index contributed by atoms with van der Waals surface area (Å²) in [5.41, 5.74) is 1.36. The van der Waals surface area contributed by atoms with Gasteiger partial charge in [-0.25, -0.2) is 0 Å². The van der Waals surface area contributed by atoms with Gasteiger partial charge >= 0.3 is 5.97 Å². The Morgan fingerprint density at radius 2 is 2.21 bits per heavy atom. The molecule has 1 N–H and O–H groups in total. The third-order valence-corrected chi connectivity index (χ3v) is 5.00. The number of carboxylic acid groups (broad SMARTS) is 1. The highest BCUT2D eigenvalue weighted by atomic mass is 32.1. The van der Waals surface area contributed by atoms with Crippen molar-refractivity contribution in [3.05, 3.63) is 21.9 Å². The molecule has 0 saturated carbocycles. The third kappa shape index (κ3) is 3.78. The van der Waals surface area contributed by atoms with E-state index in [1.54, 1.807) is 0 Å². The van der Waals surface area contributed by atoms with E-state index in [4.69, 9.17) is 5.11 Å². The molecule has 0 radical (unpaired) electrons.